The third-order valence-corrected chi connectivity index (χ3v) is 3.72. The van der Waals surface area contributed by atoms with E-state index in [9.17, 15) is 4.79 Å². The highest BCUT2D eigenvalue weighted by Crippen LogP contribution is 2.28. The van der Waals surface area contributed by atoms with Gasteiger partial charge in [-0.25, -0.2) is 0 Å². The summed E-state index contributed by atoms with van der Waals surface area (Å²) in [7, 11) is 0. The second-order valence-electron chi connectivity index (χ2n) is 6.33. The van der Waals surface area contributed by atoms with Gasteiger partial charge in [0.25, 0.3) is 0 Å². The monoisotopic (exact) mass is 383 g/mol. The van der Waals surface area contributed by atoms with E-state index in [2.05, 4.69) is 0 Å². The van der Waals surface area contributed by atoms with Crippen LogP contribution in [-0.4, -0.2) is 38.3 Å². The van der Waals surface area contributed by atoms with Gasteiger partial charge in [0, 0.05) is 0 Å². The fourth-order valence-corrected chi connectivity index (χ4v) is 2.36. The molecule has 0 aromatic heterocycles. The van der Waals surface area contributed by atoms with Gasteiger partial charge in [-0.1, -0.05) is 0 Å². The van der Waals surface area contributed by atoms with Crippen molar-refractivity contribution in [2.24, 2.45) is 0 Å². The minimum absolute atomic E-state index is 0.127. The van der Waals surface area contributed by atoms with Crippen molar-refractivity contribution >= 4 is 5.78 Å². The zero-order chi connectivity index (χ0) is 20.4. The molecule has 2 rings (SSSR count). The number of ether oxygens (including phenoxy) is 4. The van der Waals surface area contributed by atoms with Crippen molar-refractivity contribution in [1.82, 2.24) is 0 Å². The van der Waals surface area contributed by atoms with Gasteiger partial charge in [-0.05, 0) is 63.2 Å². The summed E-state index contributed by atoms with van der Waals surface area (Å²) in [6, 6.07) is 13.8. The molecular weight excluding hydrogens is 358 g/mol. The molecule has 0 saturated heterocycles. The SMILES string of the molecule is CC(=O)c1ccc(C#N)cc1Oc1ccc(OCCOCCOC(C)C)cc1. The van der Waals surface area contributed by atoms with E-state index < -0.39 is 0 Å². The Bertz CT molecular complexity index is 809. The van der Waals surface area contributed by atoms with Crippen LogP contribution < -0.4 is 9.47 Å². The number of carbonyl (C=O) groups excluding carboxylic acids is 1. The van der Waals surface area contributed by atoms with Gasteiger partial charge in [0.15, 0.2) is 5.78 Å². The van der Waals surface area contributed by atoms with Crippen LogP contribution in [0, 0.1) is 11.3 Å². The van der Waals surface area contributed by atoms with Crippen LogP contribution in [0.1, 0.15) is 36.7 Å². The van der Waals surface area contributed by atoms with E-state index >= 15 is 0 Å². The van der Waals surface area contributed by atoms with Gasteiger partial charge in [-0.3, -0.25) is 4.79 Å². The highest BCUT2D eigenvalue weighted by molar-refractivity contribution is 5.97. The van der Waals surface area contributed by atoms with E-state index in [4.69, 9.17) is 24.2 Å². The average molecular weight is 383 g/mol. The van der Waals surface area contributed by atoms with Crippen LogP contribution in [0.15, 0.2) is 42.5 Å². The maximum absolute atomic E-state index is 11.8. The molecular formula is C22H25NO5. The molecule has 0 bridgehead atoms. The summed E-state index contributed by atoms with van der Waals surface area (Å²) in [5.41, 5.74) is 0.858. The Labute approximate surface area is 165 Å². The van der Waals surface area contributed by atoms with Crippen molar-refractivity contribution in [3.05, 3.63) is 53.6 Å². The lowest BCUT2D eigenvalue weighted by Gasteiger charge is -2.11. The van der Waals surface area contributed by atoms with Crippen molar-refractivity contribution in [3.63, 3.8) is 0 Å². The predicted molar refractivity (Wildman–Crippen MR) is 105 cm³/mol. The number of Topliss-reactive ketones (excluding diaryl/α,β-unsaturated/α-hetero) is 1. The van der Waals surface area contributed by atoms with E-state index in [1.165, 1.54) is 6.92 Å². The maximum atomic E-state index is 11.8. The summed E-state index contributed by atoms with van der Waals surface area (Å²) in [6.45, 7) is 7.44. The van der Waals surface area contributed by atoms with Crippen molar-refractivity contribution in [2.75, 3.05) is 26.4 Å². The largest absolute Gasteiger partial charge is 0.491 e. The molecule has 0 saturated carbocycles. The summed E-state index contributed by atoms with van der Waals surface area (Å²) in [4.78, 5) is 11.8. The van der Waals surface area contributed by atoms with Gasteiger partial charge in [-0.2, -0.15) is 5.26 Å². The van der Waals surface area contributed by atoms with Crippen LogP contribution in [-0.2, 0) is 9.47 Å². The lowest BCUT2D eigenvalue weighted by atomic mass is 10.1. The highest BCUT2D eigenvalue weighted by Gasteiger charge is 2.11. The fraction of sp³-hybridized carbons (Fsp3) is 0.364. The molecule has 0 spiro atoms. The average Bonchev–Trinajstić information content (AvgIpc) is 2.68. The van der Waals surface area contributed by atoms with Gasteiger partial charge in [0.2, 0.25) is 0 Å². The van der Waals surface area contributed by atoms with E-state index in [1.807, 2.05) is 19.9 Å². The Morgan fingerprint density at radius 3 is 2.32 bits per heavy atom. The minimum atomic E-state index is -0.127. The molecule has 2 aromatic carbocycles. The van der Waals surface area contributed by atoms with Crippen molar-refractivity contribution in [2.45, 2.75) is 26.9 Å². The second kappa shape index (κ2) is 11.1. The summed E-state index contributed by atoms with van der Waals surface area (Å²) in [5.74, 6) is 1.47. The van der Waals surface area contributed by atoms with Gasteiger partial charge in [0.1, 0.15) is 23.9 Å². The van der Waals surface area contributed by atoms with Crippen LogP contribution >= 0.6 is 0 Å². The number of nitriles is 1. The third-order valence-electron chi connectivity index (χ3n) is 3.72. The molecule has 0 atom stereocenters. The smallest absolute Gasteiger partial charge is 0.163 e. The van der Waals surface area contributed by atoms with Crippen LogP contribution in [0.3, 0.4) is 0 Å². The summed E-state index contributed by atoms with van der Waals surface area (Å²) in [5, 5.41) is 9.04. The molecule has 6 heteroatoms. The fourth-order valence-electron chi connectivity index (χ4n) is 2.36. The normalized spacial score (nSPS) is 10.5. The number of hydrogen-bond donors (Lipinski definition) is 0. The molecule has 28 heavy (non-hydrogen) atoms. The van der Waals surface area contributed by atoms with E-state index in [1.54, 1.807) is 42.5 Å². The minimum Gasteiger partial charge on any atom is -0.491 e. The number of nitrogens with zero attached hydrogens (tertiary/aromatic N) is 1. The van der Waals surface area contributed by atoms with Gasteiger partial charge in [0.05, 0.1) is 43.1 Å². The molecule has 148 valence electrons. The van der Waals surface area contributed by atoms with Gasteiger partial charge < -0.3 is 18.9 Å². The molecule has 0 fully saturated rings. The molecule has 0 amide bonds. The number of ketones is 1. The molecule has 0 aliphatic rings. The van der Waals surface area contributed by atoms with Crippen LogP contribution in [0.2, 0.25) is 0 Å². The number of rotatable bonds is 11. The molecule has 2 aromatic rings. The van der Waals surface area contributed by atoms with E-state index in [0.29, 0.717) is 54.8 Å². The van der Waals surface area contributed by atoms with E-state index in [-0.39, 0.29) is 11.9 Å². The van der Waals surface area contributed by atoms with Gasteiger partial charge >= 0.3 is 0 Å². The Morgan fingerprint density at radius 1 is 1.00 bits per heavy atom. The maximum Gasteiger partial charge on any atom is 0.163 e. The van der Waals surface area contributed by atoms with Crippen LogP contribution in [0.5, 0.6) is 17.2 Å². The topological polar surface area (TPSA) is 77.8 Å². The Morgan fingerprint density at radius 2 is 1.68 bits per heavy atom. The highest BCUT2D eigenvalue weighted by atomic mass is 16.5. The lowest BCUT2D eigenvalue weighted by Crippen LogP contribution is -2.13. The second-order valence-corrected chi connectivity index (χ2v) is 6.33. The molecule has 0 N–H and O–H groups in total. The number of hydrogen-bond acceptors (Lipinski definition) is 6. The Balaban J connectivity index is 1.85. The first-order valence-electron chi connectivity index (χ1n) is 9.14. The lowest BCUT2D eigenvalue weighted by molar-refractivity contribution is 0.0124. The first-order chi connectivity index (χ1) is 13.5. The van der Waals surface area contributed by atoms with Crippen molar-refractivity contribution in [1.29, 1.82) is 5.26 Å². The molecule has 6 nitrogen and oxygen atoms in total. The molecule has 0 aliphatic carbocycles. The van der Waals surface area contributed by atoms with Crippen LogP contribution in [0.4, 0.5) is 0 Å². The number of benzene rings is 2. The Hall–Kier alpha value is -2.88. The first kappa shape index (κ1) is 21.4. The van der Waals surface area contributed by atoms with Crippen molar-refractivity contribution in [3.8, 4) is 23.3 Å². The zero-order valence-corrected chi connectivity index (χ0v) is 16.4. The first-order valence-corrected chi connectivity index (χ1v) is 9.14. The van der Waals surface area contributed by atoms with E-state index in [0.717, 1.165) is 0 Å². The standard InChI is InChI=1S/C22H25NO5/c1-16(2)26-12-10-25-11-13-27-19-5-7-20(8-6-19)28-22-14-18(15-23)4-9-21(22)17(3)24/h4-9,14,16H,10-13H2,1-3H3. The molecule has 0 heterocycles. The molecule has 0 radical (unpaired) electrons. The van der Waals surface area contributed by atoms with Crippen molar-refractivity contribution < 1.29 is 23.7 Å². The third kappa shape index (κ3) is 7.03. The summed E-state index contributed by atoms with van der Waals surface area (Å²) < 4.78 is 22.2. The predicted octanol–water partition coefficient (Wildman–Crippen LogP) is 4.37. The quantitative estimate of drug-likeness (QED) is 0.423. The summed E-state index contributed by atoms with van der Waals surface area (Å²) >= 11 is 0. The van der Waals surface area contributed by atoms with Gasteiger partial charge in [-0.15, -0.1) is 0 Å². The summed E-state index contributed by atoms with van der Waals surface area (Å²) in [6.07, 6.45) is 0.203. The Kier molecular flexibility index (Phi) is 8.47. The molecule has 0 unspecified atom stereocenters. The number of carbonyl (C=O) groups is 1. The van der Waals surface area contributed by atoms with Crippen LogP contribution in [0.25, 0.3) is 0 Å². The zero-order valence-electron chi connectivity index (χ0n) is 16.4. The molecule has 0 aliphatic heterocycles.